The van der Waals surface area contributed by atoms with E-state index in [4.69, 9.17) is 0 Å². The molecule has 2 N–H and O–H groups in total. The quantitative estimate of drug-likeness (QED) is 0.509. The molecule has 0 radical (unpaired) electrons. The standard InChI is InChI=1S/C24H25F3N4O.ClH/c1-15-6-7-20(12-16(15)2)31-22(17-8-10-28-11-9-17)21(14-29-31)23(32)30-19-5-3-4-18(13-19)24(25,26)27;/h3-7,12-14,17,28H,8-11H2,1-2H3,(H,30,32);1H. The number of benzene rings is 2. The Morgan fingerprint density at radius 2 is 1.82 bits per heavy atom. The molecule has 4 rings (SSSR count). The average Bonchev–Trinajstić information content (AvgIpc) is 3.21. The monoisotopic (exact) mass is 478 g/mol. The summed E-state index contributed by atoms with van der Waals surface area (Å²) in [5.41, 5.74) is 3.60. The van der Waals surface area contributed by atoms with Gasteiger partial charge in [0.05, 0.1) is 28.7 Å². The normalized spacial score (nSPS) is 14.6. The maximum Gasteiger partial charge on any atom is 0.416 e. The first-order chi connectivity index (χ1) is 15.2. The van der Waals surface area contributed by atoms with Crippen molar-refractivity contribution in [3.8, 4) is 5.69 Å². The highest BCUT2D eigenvalue weighted by molar-refractivity contribution is 6.05. The molecule has 0 bridgehead atoms. The van der Waals surface area contributed by atoms with Crippen LogP contribution in [0.3, 0.4) is 0 Å². The van der Waals surface area contributed by atoms with Crippen molar-refractivity contribution in [1.29, 1.82) is 0 Å². The topological polar surface area (TPSA) is 59.0 Å². The number of carbonyl (C=O) groups is 1. The largest absolute Gasteiger partial charge is 0.416 e. The molecule has 176 valence electrons. The van der Waals surface area contributed by atoms with Gasteiger partial charge in [-0.15, -0.1) is 12.4 Å². The van der Waals surface area contributed by atoms with Crippen LogP contribution in [0.15, 0.2) is 48.7 Å². The summed E-state index contributed by atoms with van der Waals surface area (Å²) in [6.07, 6.45) is -1.27. The molecule has 9 heteroatoms. The highest BCUT2D eigenvalue weighted by atomic mass is 35.5. The smallest absolute Gasteiger partial charge is 0.322 e. The molecule has 0 saturated carbocycles. The Bertz CT molecular complexity index is 1140. The van der Waals surface area contributed by atoms with E-state index in [-0.39, 0.29) is 24.0 Å². The Balaban J connectivity index is 0.00000306. The van der Waals surface area contributed by atoms with Gasteiger partial charge in [0, 0.05) is 11.6 Å². The molecule has 0 unspecified atom stereocenters. The number of alkyl halides is 3. The molecule has 5 nitrogen and oxygen atoms in total. The number of nitrogens with zero attached hydrogens (tertiary/aromatic N) is 2. The van der Waals surface area contributed by atoms with Crippen molar-refractivity contribution in [2.24, 2.45) is 0 Å². The zero-order valence-electron chi connectivity index (χ0n) is 18.4. The molecular formula is C24H26ClF3N4O. The van der Waals surface area contributed by atoms with Gasteiger partial charge >= 0.3 is 6.18 Å². The van der Waals surface area contributed by atoms with Gasteiger partial charge in [0.1, 0.15) is 0 Å². The van der Waals surface area contributed by atoms with E-state index in [1.165, 1.54) is 18.3 Å². The Morgan fingerprint density at radius 3 is 2.48 bits per heavy atom. The van der Waals surface area contributed by atoms with Crippen molar-refractivity contribution in [3.63, 3.8) is 0 Å². The van der Waals surface area contributed by atoms with Gasteiger partial charge in [0.15, 0.2) is 0 Å². The lowest BCUT2D eigenvalue weighted by Crippen LogP contribution is -2.29. The number of hydrogen-bond acceptors (Lipinski definition) is 3. The predicted molar refractivity (Wildman–Crippen MR) is 125 cm³/mol. The summed E-state index contributed by atoms with van der Waals surface area (Å²) in [6.45, 7) is 5.71. The van der Waals surface area contributed by atoms with E-state index in [2.05, 4.69) is 15.7 Å². The molecule has 1 fully saturated rings. The van der Waals surface area contributed by atoms with Gasteiger partial charge in [-0.2, -0.15) is 18.3 Å². The second-order valence-electron chi connectivity index (χ2n) is 8.18. The number of aromatic nitrogens is 2. The highest BCUT2D eigenvalue weighted by Crippen LogP contribution is 2.33. The predicted octanol–water partition coefficient (Wildman–Crippen LogP) is 5.65. The van der Waals surface area contributed by atoms with E-state index in [1.807, 2.05) is 32.0 Å². The molecule has 1 aromatic heterocycles. The number of aryl methyl sites for hydroxylation is 2. The summed E-state index contributed by atoms with van der Waals surface area (Å²) in [5.74, 6) is -0.351. The molecule has 1 aliphatic rings. The van der Waals surface area contributed by atoms with E-state index in [1.54, 1.807) is 4.68 Å². The van der Waals surface area contributed by atoms with Gasteiger partial charge in [-0.1, -0.05) is 12.1 Å². The first-order valence-electron chi connectivity index (χ1n) is 10.6. The molecule has 0 atom stereocenters. The van der Waals surface area contributed by atoms with E-state index in [0.29, 0.717) is 5.56 Å². The first-order valence-corrected chi connectivity index (χ1v) is 10.6. The second kappa shape index (κ2) is 9.97. The second-order valence-corrected chi connectivity index (χ2v) is 8.18. The van der Waals surface area contributed by atoms with Crippen molar-refractivity contribution in [3.05, 3.63) is 76.6 Å². The lowest BCUT2D eigenvalue weighted by atomic mass is 9.91. The van der Waals surface area contributed by atoms with Crippen LogP contribution in [0.5, 0.6) is 0 Å². The molecular weight excluding hydrogens is 453 g/mol. The third-order valence-electron chi connectivity index (χ3n) is 5.96. The first kappa shape index (κ1) is 24.8. The third-order valence-corrected chi connectivity index (χ3v) is 5.96. The lowest BCUT2D eigenvalue weighted by molar-refractivity contribution is -0.137. The number of rotatable bonds is 4. The molecule has 2 heterocycles. The van der Waals surface area contributed by atoms with Crippen molar-refractivity contribution in [2.75, 3.05) is 18.4 Å². The number of nitrogens with one attached hydrogen (secondary N) is 2. The summed E-state index contributed by atoms with van der Waals surface area (Å²) in [4.78, 5) is 13.1. The summed E-state index contributed by atoms with van der Waals surface area (Å²) < 4.78 is 41.0. The van der Waals surface area contributed by atoms with Crippen LogP contribution in [0, 0.1) is 13.8 Å². The van der Waals surface area contributed by atoms with Crippen molar-refractivity contribution >= 4 is 24.0 Å². The summed E-state index contributed by atoms with van der Waals surface area (Å²) in [7, 11) is 0. The molecule has 2 aromatic carbocycles. The number of halogens is 4. The Morgan fingerprint density at radius 1 is 1.09 bits per heavy atom. The molecule has 1 aliphatic heterocycles. The number of anilines is 1. The molecule has 1 amide bonds. The summed E-state index contributed by atoms with van der Waals surface area (Å²) in [6, 6.07) is 10.7. The van der Waals surface area contributed by atoms with E-state index in [9.17, 15) is 18.0 Å². The zero-order valence-corrected chi connectivity index (χ0v) is 19.2. The highest BCUT2D eigenvalue weighted by Gasteiger charge is 2.31. The van der Waals surface area contributed by atoms with Gasteiger partial charge in [0.25, 0.3) is 5.91 Å². The van der Waals surface area contributed by atoms with Crippen LogP contribution in [-0.4, -0.2) is 28.8 Å². The Labute approximate surface area is 196 Å². The van der Waals surface area contributed by atoms with Crippen LogP contribution in [-0.2, 0) is 6.18 Å². The number of hydrogen-bond donors (Lipinski definition) is 2. The molecule has 33 heavy (non-hydrogen) atoms. The van der Waals surface area contributed by atoms with Crippen molar-refractivity contribution in [1.82, 2.24) is 15.1 Å². The van der Waals surface area contributed by atoms with Gasteiger partial charge in [-0.3, -0.25) is 4.79 Å². The maximum absolute atomic E-state index is 13.1. The summed E-state index contributed by atoms with van der Waals surface area (Å²) >= 11 is 0. The lowest BCUT2D eigenvalue weighted by Gasteiger charge is -2.25. The van der Waals surface area contributed by atoms with E-state index < -0.39 is 17.6 Å². The minimum atomic E-state index is -4.48. The van der Waals surface area contributed by atoms with Gasteiger partial charge in [-0.25, -0.2) is 4.68 Å². The fraction of sp³-hybridized carbons (Fsp3) is 0.333. The van der Waals surface area contributed by atoms with Crippen molar-refractivity contribution in [2.45, 2.75) is 38.8 Å². The fourth-order valence-electron chi connectivity index (χ4n) is 4.06. The minimum absolute atomic E-state index is 0. The molecule has 0 aliphatic carbocycles. The van der Waals surface area contributed by atoms with E-state index >= 15 is 0 Å². The average molecular weight is 479 g/mol. The van der Waals surface area contributed by atoms with Crippen LogP contribution < -0.4 is 10.6 Å². The van der Waals surface area contributed by atoms with Gasteiger partial charge in [0.2, 0.25) is 0 Å². The van der Waals surface area contributed by atoms with Crippen molar-refractivity contribution < 1.29 is 18.0 Å². The third kappa shape index (κ3) is 5.39. The van der Waals surface area contributed by atoms with Crippen LogP contribution >= 0.6 is 12.4 Å². The van der Waals surface area contributed by atoms with Crippen LogP contribution in [0.1, 0.15) is 51.5 Å². The Hall–Kier alpha value is -2.84. The number of carbonyl (C=O) groups excluding carboxylic acids is 1. The maximum atomic E-state index is 13.1. The van der Waals surface area contributed by atoms with Crippen LogP contribution in [0.4, 0.5) is 18.9 Å². The van der Waals surface area contributed by atoms with Crippen LogP contribution in [0.2, 0.25) is 0 Å². The Kier molecular flexibility index (Phi) is 7.49. The molecule has 1 saturated heterocycles. The van der Waals surface area contributed by atoms with Crippen LogP contribution in [0.25, 0.3) is 5.69 Å². The van der Waals surface area contributed by atoms with Gasteiger partial charge in [-0.05, 0) is 81.2 Å². The summed E-state index contributed by atoms with van der Waals surface area (Å²) in [5, 5.41) is 10.5. The van der Waals surface area contributed by atoms with E-state index in [0.717, 1.165) is 60.6 Å². The number of piperidine rings is 1. The minimum Gasteiger partial charge on any atom is -0.322 e. The number of amides is 1. The van der Waals surface area contributed by atoms with Gasteiger partial charge < -0.3 is 10.6 Å². The molecule has 3 aromatic rings. The fourth-order valence-corrected chi connectivity index (χ4v) is 4.06. The zero-order chi connectivity index (χ0) is 22.9. The molecule has 0 spiro atoms. The SMILES string of the molecule is Cc1ccc(-n2ncc(C(=O)Nc3cccc(C(F)(F)F)c3)c2C2CCNCC2)cc1C.Cl.